The molecule has 0 saturated heterocycles. The molecular formula is C14H20BrCl. The number of aryl methyl sites for hydroxylation is 2. The predicted molar refractivity (Wildman–Crippen MR) is 76.3 cm³/mol. The van der Waals surface area contributed by atoms with E-state index in [1.165, 1.54) is 21.2 Å². The van der Waals surface area contributed by atoms with Gasteiger partial charge in [0.15, 0.2) is 0 Å². The van der Waals surface area contributed by atoms with Crippen LogP contribution < -0.4 is 0 Å². The second-order valence-electron chi connectivity index (χ2n) is 4.44. The molecule has 90 valence electrons. The first-order valence-electron chi connectivity index (χ1n) is 5.91. The van der Waals surface area contributed by atoms with Gasteiger partial charge in [0.05, 0.1) is 5.38 Å². The molecule has 0 fully saturated rings. The highest BCUT2D eigenvalue weighted by atomic mass is 79.9. The zero-order valence-electron chi connectivity index (χ0n) is 10.5. The van der Waals surface area contributed by atoms with E-state index in [9.17, 15) is 0 Å². The van der Waals surface area contributed by atoms with Crippen molar-refractivity contribution < 1.29 is 0 Å². The average molecular weight is 304 g/mol. The number of alkyl halides is 1. The lowest BCUT2D eigenvalue weighted by Gasteiger charge is -2.22. The van der Waals surface area contributed by atoms with E-state index in [4.69, 9.17) is 11.6 Å². The maximum atomic E-state index is 6.59. The molecule has 0 saturated carbocycles. The van der Waals surface area contributed by atoms with E-state index in [2.05, 4.69) is 55.8 Å². The Morgan fingerprint density at radius 3 is 2.19 bits per heavy atom. The number of hydrogen-bond donors (Lipinski definition) is 0. The zero-order chi connectivity index (χ0) is 12.3. The van der Waals surface area contributed by atoms with E-state index in [1.54, 1.807) is 0 Å². The summed E-state index contributed by atoms with van der Waals surface area (Å²) in [5.74, 6) is 0.570. The van der Waals surface area contributed by atoms with Gasteiger partial charge < -0.3 is 0 Å². The van der Waals surface area contributed by atoms with Crippen molar-refractivity contribution in [2.45, 2.75) is 45.9 Å². The quantitative estimate of drug-likeness (QED) is 0.618. The summed E-state index contributed by atoms with van der Waals surface area (Å²) in [6, 6.07) is 4.39. The largest absolute Gasteiger partial charge is 0.118 e. The minimum atomic E-state index is 0.141. The van der Waals surface area contributed by atoms with Crippen LogP contribution in [0.4, 0.5) is 0 Å². The molecule has 16 heavy (non-hydrogen) atoms. The fourth-order valence-corrected chi connectivity index (χ4v) is 3.11. The van der Waals surface area contributed by atoms with Crippen LogP contribution in [0.25, 0.3) is 0 Å². The van der Waals surface area contributed by atoms with Crippen LogP contribution in [-0.2, 0) is 0 Å². The Hall–Kier alpha value is -0.0100. The van der Waals surface area contributed by atoms with Crippen LogP contribution in [0.3, 0.4) is 0 Å². The molecule has 1 unspecified atom stereocenters. The Morgan fingerprint density at radius 2 is 1.69 bits per heavy atom. The molecule has 1 rings (SSSR count). The van der Waals surface area contributed by atoms with Gasteiger partial charge in [-0.05, 0) is 42.5 Å². The highest BCUT2D eigenvalue weighted by molar-refractivity contribution is 9.10. The Bertz CT molecular complexity index is 356. The molecule has 1 aromatic rings. The first kappa shape index (κ1) is 14.1. The second-order valence-corrected chi connectivity index (χ2v) is 5.76. The van der Waals surface area contributed by atoms with Gasteiger partial charge in [-0.25, -0.2) is 0 Å². The Balaban J connectivity index is 3.07. The molecule has 0 spiro atoms. The van der Waals surface area contributed by atoms with Gasteiger partial charge in [0, 0.05) is 4.47 Å². The van der Waals surface area contributed by atoms with Gasteiger partial charge in [0.2, 0.25) is 0 Å². The van der Waals surface area contributed by atoms with E-state index in [0.29, 0.717) is 5.92 Å². The molecule has 2 heteroatoms. The molecule has 0 aliphatic rings. The van der Waals surface area contributed by atoms with Crippen molar-refractivity contribution in [1.82, 2.24) is 0 Å². The summed E-state index contributed by atoms with van der Waals surface area (Å²) in [7, 11) is 0. The van der Waals surface area contributed by atoms with Crippen LogP contribution in [0.5, 0.6) is 0 Å². The molecule has 1 aromatic carbocycles. The molecule has 0 radical (unpaired) electrons. The first-order valence-corrected chi connectivity index (χ1v) is 7.14. The molecule has 1 atom stereocenters. The Kier molecular flexibility index (Phi) is 5.33. The summed E-state index contributed by atoms with van der Waals surface area (Å²) >= 11 is 10.1. The van der Waals surface area contributed by atoms with Crippen molar-refractivity contribution in [3.63, 3.8) is 0 Å². The van der Waals surface area contributed by atoms with Crippen LogP contribution in [0.2, 0.25) is 0 Å². The van der Waals surface area contributed by atoms with Crippen molar-refractivity contribution in [1.29, 1.82) is 0 Å². The van der Waals surface area contributed by atoms with E-state index < -0.39 is 0 Å². The lowest BCUT2D eigenvalue weighted by molar-refractivity contribution is 0.474. The van der Waals surface area contributed by atoms with Crippen LogP contribution in [0, 0.1) is 19.8 Å². The predicted octanol–water partition coefficient (Wildman–Crippen LogP) is 5.78. The van der Waals surface area contributed by atoms with Crippen molar-refractivity contribution in [2.75, 3.05) is 0 Å². The summed E-state index contributed by atoms with van der Waals surface area (Å²) in [6.07, 6.45) is 2.28. The van der Waals surface area contributed by atoms with Crippen molar-refractivity contribution in [3.05, 3.63) is 33.3 Å². The van der Waals surface area contributed by atoms with Crippen molar-refractivity contribution >= 4 is 27.5 Å². The van der Waals surface area contributed by atoms with Crippen LogP contribution in [0.15, 0.2) is 16.6 Å². The summed E-state index contributed by atoms with van der Waals surface area (Å²) in [6.45, 7) is 8.68. The molecule has 0 N–H and O–H groups in total. The van der Waals surface area contributed by atoms with Gasteiger partial charge in [0.1, 0.15) is 0 Å². The standard InChI is InChI=1S/C14H20BrCl/c1-5-11(6-2)14(16)12-7-10(4)13(15)8-9(12)3/h7-8,11,14H,5-6H2,1-4H3. The molecule has 0 heterocycles. The third-order valence-electron chi connectivity index (χ3n) is 3.31. The van der Waals surface area contributed by atoms with Crippen molar-refractivity contribution in [2.24, 2.45) is 5.92 Å². The molecule has 0 amide bonds. The average Bonchev–Trinajstić information content (AvgIpc) is 2.25. The van der Waals surface area contributed by atoms with E-state index in [0.717, 1.165) is 12.8 Å². The van der Waals surface area contributed by atoms with Gasteiger partial charge >= 0.3 is 0 Å². The molecular weight excluding hydrogens is 284 g/mol. The van der Waals surface area contributed by atoms with Crippen LogP contribution >= 0.6 is 27.5 Å². The lowest BCUT2D eigenvalue weighted by Crippen LogP contribution is -2.07. The lowest BCUT2D eigenvalue weighted by atomic mass is 9.91. The summed E-state index contributed by atoms with van der Waals surface area (Å²) in [5.41, 5.74) is 3.83. The van der Waals surface area contributed by atoms with Crippen LogP contribution in [0.1, 0.15) is 48.8 Å². The van der Waals surface area contributed by atoms with Gasteiger partial charge in [-0.3, -0.25) is 0 Å². The number of hydrogen-bond acceptors (Lipinski definition) is 0. The van der Waals surface area contributed by atoms with Gasteiger partial charge in [-0.2, -0.15) is 0 Å². The molecule has 0 nitrogen and oxygen atoms in total. The van der Waals surface area contributed by atoms with Gasteiger partial charge in [-0.15, -0.1) is 11.6 Å². The van der Waals surface area contributed by atoms with Gasteiger partial charge in [-0.1, -0.05) is 48.7 Å². The maximum Gasteiger partial charge on any atom is 0.0615 e. The van der Waals surface area contributed by atoms with Crippen LogP contribution in [-0.4, -0.2) is 0 Å². The highest BCUT2D eigenvalue weighted by Crippen LogP contribution is 2.36. The van der Waals surface area contributed by atoms with E-state index >= 15 is 0 Å². The first-order chi connectivity index (χ1) is 7.51. The second kappa shape index (κ2) is 6.07. The highest BCUT2D eigenvalue weighted by Gasteiger charge is 2.20. The number of rotatable bonds is 4. The molecule has 0 bridgehead atoms. The smallest absolute Gasteiger partial charge is 0.0615 e. The Morgan fingerprint density at radius 1 is 1.12 bits per heavy atom. The molecule has 0 aliphatic carbocycles. The third kappa shape index (κ3) is 3.01. The molecule has 0 aliphatic heterocycles. The number of benzene rings is 1. The van der Waals surface area contributed by atoms with Gasteiger partial charge in [0.25, 0.3) is 0 Å². The van der Waals surface area contributed by atoms with E-state index in [-0.39, 0.29) is 5.38 Å². The van der Waals surface area contributed by atoms with Crippen molar-refractivity contribution in [3.8, 4) is 0 Å². The zero-order valence-corrected chi connectivity index (χ0v) is 12.8. The fourth-order valence-electron chi connectivity index (χ4n) is 2.06. The number of halogens is 2. The fraction of sp³-hybridized carbons (Fsp3) is 0.571. The Labute approximate surface area is 113 Å². The topological polar surface area (TPSA) is 0 Å². The SMILES string of the molecule is CCC(CC)C(Cl)c1cc(C)c(Br)cc1C. The minimum absolute atomic E-state index is 0.141. The summed E-state index contributed by atoms with van der Waals surface area (Å²) in [5, 5.41) is 0.141. The maximum absolute atomic E-state index is 6.59. The summed E-state index contributed by atoms with van der Waals surface area (Å²) < 4.78 is 1.17. The molecule has 0 aromatic heterocycles. The summed E-state index contributed by atoms with van der Waals surface area (Å²) in [4.78, 5) is 0. The normalized spacial score (nSPS) is 13.2. The monoisotopic (exact) mass is 302 g/mol. The van der Waals surface area contributed by atoms with E-state index in [1.807, 2.05) is 0 Å². The minimum Gasteiger partial charge on any atom is -0.118 e. The third-order valence-corrected chi connectivity index (χ3v) is 4.75.